The summed E-state index contributed by atoms with van der Waals surface area (Å²) in [5.41, 5.74) is 2.75. The van der Waals surface area contributed by atoms with Crippen LogP contribution in [-0.4, -0.2) is 14.9 Å². The molecule has 1 unspecified atom stereocenters. The van der Waals surface area contributed by atoms with Crippen molar-refractivity contribution < 1.29 is 5.11 Å². The van der Waals surface area contributed by atoms with Gasteiger partial charge in [-0.3, -0.25) is 4.68 Å². The van der Waals surface area contributed by atoms with E-state index in [4.69, 9.17) is 0 Å². The number of aryl methyl sites for hydroxylation is 1. The summed E-state index contributed by atoms with van der Waals surface area (Å²) in [6.07, 6.45) is 1.03. The molecule has 1 N–H and O–H groups in total. The Bertz CT molecular complexity index is 573. The van der Waals surface area contributed by atoms with Gasteiger partial charge in [-0.05, 0) is 60.0 Å². The predicted molar refractivity (Wildman–Crippen MR) is 83.3 cm³/mol. The van der Waals surface area contributed by atoms with Crippen LogP contribution in [0.15, 0.2) is 33.3 Å². The highest BCUT2D eigenvalue weighted by atomic mass is 79.9. The van der Waals surface area contributed by atoms with Gasteiger partial charge in [0, 0.05) is 10.5 Å². The Morgan fingerprint density at radius 2 is 1.89 bits per heavy atom. The van der Waals surface area contributed by atoms with Crippen LogP contribution in [0.1, 0.15) is 42.8 Å². The second-order valence-corrected chi connectivity index (χ2v) is 6.65. The third-order valence-electron chi connectivity index (χ3n) is 2.92. The quantitative estimate of drug-likeness (QED) is 0.848. The van der Waals surface area contributed by atoms with Crippen LogP contribution in [0.4, 0.5) is 0 Å². The summed E-state index contributed by atoms with van der Waals surface area (Å²) in [6.45, 7) is 6.10. The highest BCUT2D eigenvalue weighted by molar-refractivity contribution is 9.10. The minimum Gasteiger partial charge on any atom is -0.382 e. The van der Waals surface area contributed by atoms with E-state index in [0.29, 0.717) is 0 Å². The summed E-state index contributed by atoms with van der Waals surface area (Å²) in [4.78, 5) is 0. The standard InChI is InChI=1S/C14H16Br2N2O/c1-8(2)18-13(12(16)7-17-18)14(19)10-4-9(3)5-11(15)6-10/h4-8,14,19H,1-3H3. The molecule has 0 radical (unpaired) electrons. The summed E-state index contributed by atoms with van der Waals surface area (Å²) in [5.74, 6) is 0. The first-order valence-electron chi connectivity index (χ1n) is 6.08. The van der Waals surface area contributed by atoms with Crippen LogP contribution in [0.2, 0.25) is 0 Å². The van der Waals surface area contributed by atoms with Crippen molar-refractivity contribution >= 4 is 31.9 Å². The van der Waals surface area contributed by atoms with Gasteiger partial charge < -0.3 is 5.11 Å². The first-order valence-corrected chi connectivity index (χ1v) is 7.66. The van der Waals surface area contributed by atoms with Gasteiger partial charge in [0.25, 0.3) is 0 Å². The van der Waals surface area contributed by atoms with Gasteiger partial charge in [0.15, 0.2) is 0 Å². The summed E-state index contributed by atoms with van der Waals surface area (Å²) in [5, 5.41) is 14.9. The Morgan fingerprint density at radius 3 is 2.47 bits per heavy atom. The van der Waals surface area contributed by atoms with Crippen molar-refractivity contribution in [2.24, 2.45) is 0 Å². The minimum absolute atomic E-state index is 0.198. The monoisotopic (exact) mass is 386 g/mol. The van der Waals surface area contributed by atoms with E-state index >= 15 is 0 Å². The second kappa shape index (κ2) is 5.77. The first kappa shape index (κ1) is 14.8. The number of aliphatic hydroxyl groups excluding tert-OH is 1. The molecule has 2 aromatic rings. The lowest BCUT2D eigenvalue weighted by Crippen LogP contribution is -2.12. The van der Waals surface area contributed by atoms with Crippen molar-refractivity contribution in [2.75, 3.05) is 0 Å². The fourth-order valence-electron chi connectivity index (χ4n) is 2.10. The van der Waals surface area contributed by atoms with E-state index in [-0.39, 0.29) is 6.04 Å². The molecule has 0 aliphatic carbocycles. The number of rotatable bonds is 3. The lowest BCUT2D eigenvalue weighted by atomic mass is 10.0. The Kier molecular flexibility index (Phi) is 4.48. The number of benzene rings is 1. The number of halogens is 2. The van der Waals surface area contributed by atoms with E-state index in [1.165, 1.54) is 0 Å². The van der Waals surface area contributed by atoms with Gasteiger partial charge in [-0.1, -0.05) is 22.0 Å². The Hall–Kier alpha value is -0.650. The van der Waals surface area contributed by atoms with Crippen molar-refractivity contribution in [2.45, 2.75) is 32.9 Å². The smallest absolute Gasteiger partial charge is 0.122 e. The van der Waals surface area contributed by atoms with E-state index in [2.05, 4.69) is 37.0 Å². The van der Waals surface area contributed by atoms with E-state index in [1.54, 1.807) is 6.20 Å². The van der Waals surface area contributed by atoms with Gasteiger partial charge in [-0.2, -0.15) is 5.10 Å². The molecule has 0 amide bonds. The van der Waals surface area contributed by atoms with Gasteiger partial charge >= 0.3 is 0 Å². The van der Waals surface area contributed by atoms with Crippen LogP contribution in [0, 0.1) is 6.92 Å². The topological polar surface area (TPSA) is 38.1 Å². The largest absolute Gasteiger partial charge is 0.382 e. The fourth-order valence-corrected chi connectivity index (χ4v) is 3.21. The number of hydrogen-bond donors (Lipinski definition) is 1. The van der Waals surface area contributed by atoms with Crippen LogP contribution in [0.3, 0.4) is 0 Å². The molecule has 0 aliphatic heterocycles. The summed E-state index contributed by atoms with van der Waals surface area (Å²) in [7, 11) is 0. The van der Waals surface area contributed by atoms with Crippen molar-refractivity contribution in [3.8, 4) is 0 Å². The van der Waals surface area contributed by atoms with Crippen molar-refractivity contribution in [1.29, 1.82) is 0 Å². The van der Waals surface area contributed by atoms with Crippen LogP contribution in [0.5, 0.6) is 0 Å². The molecule has 1 aromatic heterocycles. The summed E-state index contributed by atoms with van der Waals surface area (Å²) in [6, 6.07) is 6.14. The molecule has 0 spiro atoms. The van der Waals surface area contributed by atoms with Crippen LogP contribution in [0.25, 0.3) is 0 Å². The molecule has 19 heavy (non-hydrogen) atoms. The molecule has 102 valence electrons. The third kappa shape index (κ3) is 3.09. The van der Waals surface area contributed by atoms with Crippen LogP contribution in [-0.2, 0) is 0 Å². The van der Waals surface area contributed by atoms with Crippen LogP contribution < -0.4 is 0 Å². The Labute approximate surface area is 129 Å². The molecule has 3 nitrogen and oxygen atoms in total. The number of aliphatic hydroxyl groups is 1. The Balaban J connectivity index is 2.49. The van der Waals surface area contributed by atoms with Crippen molar-refractivity contribution in [3.05, 3.63) is 50.2 Å². The normalized spacial score (nSPS) is 13.0. The maximum absolute atomic E-state index is 10.6. The molecular formula is C14H16Br2N2O. The molecule has 0 saturated heterocycles. The van der Waals surface area contributed by atoms with E-state index in [9.17, 15) is 5.11 Å². The van der Waals surface area contributed by atoms with E-state index < -0.39 is 6.10 Å². The van der Waals surface area contributed by atoms with Gasteiger partial charge in [0.1, 0.15) is 6.10 Å². The molecule has 0 fully saturated rings. The zero-order valence-electron chi connectivity index (χ0n) is 11.1. The maximum Gasteiger partial charge on any atom is 0.122 e. The second-order valence-electron chi connectivity index (χ2n) is 4.88. The molecule has 1 atom stereocenters. The van der Waals surface area contributed by atoms with Crippen molar-refractivity contribution in [3.63, 3.8) is 0 Å². The molecule has 1 heterocycles. The average Bonchev–Trinajstić information content (AvgIpc) is 2.69. The summed E-state index contributed by atoms with van der Waals surface area (Å²) >= 11 is 6.93. The van der Waals surface area contributed by atoms with Gasteiger partial charge in [0.2, 0.25) is 0 Å². The highest BCUT2D eigenvalue weighted by Crippen LogP contribution is 2.32. The lowest BCUT2D eigenvalue weighted by Gasteiger charge is -2.17. The Morgan fingerprint density at radius 1 is 1.21 bits per heavy atom. The molecular weight excluding hydrogens is 372 g/mol. The fraction of sp³-hybridized carbons (Fsp3) is 0.357. The lowest BCUT2D eigenvalue weighted by molar-refractivity contribution is 0.204. The molecule has 0 bridgehead atoms. The number of aromatic nitrogens is 2. The average molecular weight is 388 g/mol. The molecule has 0 saturated carbocycles. The SMILES string of the molecule is Cc1cc(Br)cc(C(O)c2c(Br)cnn2C(C)C)c1. The molecule has 0 aliphatic rings. The maximum atomic E-state index is 10.6. The highest BCUT2D eigenvalue weighted by Gasteiger charge is 2.21. The zero-order valence-corrected chi connectivity index (χ0v) is 14.2. The van der Waals surface area contributed by atoms with Crippen LogP contribution >= 0.6 is 31.9 Å². The molecule has 2 rings (SSSR count). The molecule has 1 aromatic carbocycles. The predicted octanol–water partition coefficient (Wildman–Crippen LogP) is 4.38. The van der Waals surface area contributed by atoms with Gasteiger partial charge in [0.05, 0.1) is 16.4 Å². The van der Waals surface area contributed by atoms with Gasteiger partial charge in [-0.25, -0.2) is 0 Å². The number of nitrogens with zero attached hydrogens (tertiary/aromatic N) is 2. The third-order valence-corrected chi connectivity index (χ3v) is 3.98. The zero-order chi connectivity index (χ0) is 14.2. The van der Waals surface area contributed by atoms with E-state index in [1.807, 2.05) is 43.7 Å². The molecule has 5 heteroatoms. The van der Waals surface area contributed by atoms with Crippen molar-refractivity contribution in [1.82, 2.24) is 9.78 Å². The minimum atomic E-state index is -0.699. The van der Waals surface area contributed by atoms with Gasteiger partial charge in [-0.15, -0.1) is 0 Å². The first-order chi connectivity index (χ1) is 8.90. The summed E-state index contributed by atoms with van der Waals surface area (Å²) < 4.78 is 3.63. The number of hydrogen-bond acceptors (Lipinski definition) is 2. The van der Waals surface area contributed by atoms with E-state index in [0.717, 1.165) is 25.8 Å².